The second kappa shape index (κ2) is 5.60. The summed E-state index contributed by atoms with van der Waals surface area (Å²) in [6, 6.07) is 7.99. The highest BCUT2D eigenvalue weighted by atomic mass is 16.2. The van der Waals surface area contributed by atoms with Crippen molar-refractivity contribution in [3.8, 4) is 0 Å². The summed E-state index contributed by atoms with van der Waals surface area (Å²) in [6.07, 6.45) is 0.129. The minimum Gasteiger partial charge on any atom is -0.308 e. The Balaban J connectivity index is 1.47. The largest absolute Gasteiger partial charge is 0.308 e. The number of hydrogen-bond acceptors (Lipinski definition) is 5. The Morgan fingerprint density at radius 1 is 1.11 bits per heavy atom. The first-order valence-electron chi connectivity index (χ1n) is 8.97. The lowest BCUT2D eigenvalue weighted by Crippen LogP contribution is -2.31. The molecule has 0 atom stereocenters. The van der Waals surface area contributed by atoms with E-state index >= 15 is 0 Å². The molecule has 3 aromatic heterocycles. The lowest BCUT2D eigenvalue weighted by atomic mass is 10.2. The van der Waals surface area contributed by atoms with Crippen molar-refractivity contribution in [1.82, 2.24) is 29.1 Å². The van der Waals surface area contributed by atoms with Crippen molar-refractivity contribution < 1.29 is 4.79 Å². The van der Waals surface area contributed by atoms with Crippen molar-refractivity contribution in [2.75, 3.05) is 11.4 Å². The summed E-state index contributed by atoms with van der Waals surface area (Å²) in [5, 5.41) is 4.45. The first-order valence-corrected chi connectivity index (χ1v) is 8.97. The van der Waals surface area contributed by atoms with Gasteiger partial charge in [-0.1, -0.05) is 12.1 Å². The Bertz CT molecular complexity index is 1220. The highest BCUT2D eigenvalue weighted by molar-refractivity contribution is 5.96. The van der Waals surface area contributed by atoms with E-state index < -0.39 is 0 Å². The van der Waals surface area contributed by atoms with Crippen LogP contribution < -0.4 is 4.90 Å². The maximum absolute atomic E-state index is 12.9. The number of benzene rings is 1. The Morgan fingerprint density at radius 3 is 2.81 bits per heavy atom. The summed E-state index contributed by atoms with van der Waals surface area (Å²) in [5.41, 5.74) is 5.02. The second-order valence-corrected chi connectivity index (χ2v) is 7.01. The molecule has 5 rings (SSSR count). The zero-order valence-electron chi connectivity index (χ0n) is 15.5. The molecule has 27 heavy (non-hydrogen) atoms. The van der Waals surface area contributed by atoms with Gasteiger partial charge in [0.25, 0.3) is 5.78 Å². The molecule has 0 fully saturated rings. The summed E-state index contributed by atoms with van der Waals surface area (Å²) >= 11 is 0. The molecule has 0 bridgehead atoms. The van der Waals surface area contributed by atoms with Crippen molar-refractivity contribution in [3.05, 3.63) is 47.0 Å². The normalized spacial score (nSPS) is 13.7. The van der Waals surface area contributed by atoms with E-state index in [2.05, 4.69) is 37.6 Å². The first kappa shape index (κ1) is 15.9. The van der Waals surface area contributed by atoms with Crippen molar-refractivity contribution in [1.29, 1.82) is 0 Å². The molecule has 0 N–H and O–H groups in total. The van der Waals surface area contributed by atoms with Crippen LogP contribution in [0.25, 0.3) is 16.8 Å². The van der Waals surface area contributed by atoms with Gasteiger partial charge in [0.1, 0.15) is 0 Å². The third-order valence-electron chi connectivity index (χ3n) is 5.01. The Morgan fingerprint density at radius 2 is 1.96 bits per heavy atom. The van der Waals surface area contributed by atoms with E-state index in [1.807, 2.05) is 32.0 Å². The average Bonchev–Trinajstić information content (AvgIpc) is 3.27. The molecule has 136 valence electrons. The smallest absolute Gasteiger partial charge is 0.252 e. The SMILES string of the molecule is Cc1cc(C)n2nc(CC(=O)N3CCn4c3nc3cccc(C)c34)nc2n1. The van der Waals surface area contributed by atoms with E-state index in [0.29, 0.717) is 24.1 Å². The van der Waals surface area contributed by atoms with Gasteiger partial charge < -0.3 is 4.57 Å². The molecule has 8 heteroatoms. The van der Waals surface area contributed by atoms with Gasteiger partial charge in [0, 0.05) is 24.5 Å². The predicted molar refractivity (Wildman–Crippen MR) is 101 cm³/mol. The zero-order chi connectivity index (χ0) is 18.7. The fraction of sp³-hybridized carbons (Fsp3) is 0.316. The molecule has 1 amide bonds. The number of carbonyl (C=O) groups excluding carboxylic acids is 1. The van der Waals surface area contributed by atoms with Crippen LogP contribution in [0.15, 0.2) is 24.3 Å². The predicted octanol–water partition coefficient (Wildman–Crippen LogP) is 1.99. The summed E-state index contributed by atoms with van der Waals surface area (Å²) in [5.74, 6) is 1.66. The monoisotopic (exact) mass is 361 g/mol. The van der Waals surface area contributed by atoms with E-state index in [1.54, 1.807) is 9.42 Å². The number of fused-ring (bicyclic) bond motifs is 4. The molecule has 0 aliphatic carbocycles. The highest BCUT2D eigenvalue weighted by Gasteiger charge is 2.29. The molecule has 1 aromatic carbocycles. The molecule has 0 unspecified atom stereocenters. The third kappa shape index (κ3) is 2.40. The van der Waals surface area contributed by atoms with E-state index in [4.69, 9.17) is 0 Å². The van der Waals surface area contributed by atoms with Gasteiger partial charge in [-0.2, -0.15) is 4.98 Å². The summed E-state index contributed by atoms with van der Waals surface area (Å²) < 4.78 is 3.80. The van der Waals surface area contributed by atoms with Crippen LogP contribution in [0.4, 0.5) is 5.95 Å². The molecule has 1 aliphatic heterocycles. The van der Waals surface area contributed by atoms with E-state index in [1.165, 1.54) is 5.56 Å². The van der Waals surface area contributed by atoms with E-state index in [9.17, 15) is 4.79 Å². The van der Waals surface area contributed by atoms with Gasteiger partial charge in [-0.05, 0) is 38.5 Å². The number of carbonyl (C=O) groups is 1. The molecule has 0 saturated carbocycles. The van der Waals surface area contributed by atoms with Gasteiger partial charge >= 0.3 is 0 Å². The lowest BCUT2D eigenvalue weighted by Gasteiger charge is -2.12. The molecule has 0 spiro atoms. The topological polar surface area (TPSA) is 81.2 Å². The number of imidazole rings is 1. The number of amides is 1. The number of nitrogens with zero attached hydrogens (tertiary/aromatic N) is 7. The number of rotatable bonds is 2. The van der Waals surface area contributed by atoms with Crippen molar-refractivity contribution in [3.63, 3.8) is 0 Å². The molecular weight excluding hydrogens is 342 g/mol. The summed E-state index contributed by atoms with van der Waals surface area (Å²) in [6.45, 7) is 7.31. The van der Waals surface area contributed by atoms with E-state index in [-0.39, 0.29) is 12.3 Å². The van der Waals surface area contributed by atoms with Crippen LogP contribution in [0, 0.1) is 20.8 Å². The fourth-order valence-corrected chi connectivity index (χ4v) is 3.82. The number of hydrogen-bond donors (Lipinski definition) is 0. The van der Waals surface area contributed by atoms with Crippen LogP contribution in [0.2, 0.25) is 0 Å². The minimum absolute atomic E-state index is 0.0491. The number of aryl methyl sites for hydroxylation is 3. The quantitative estimate of drug-likeness (QED) is 0.545. The first-order chi connectivity index (χ1) is 13.0. The number of anilines is 1. The Kier molecular flexibility index (Phi) is 3.30. The van der Waals surface area contributed by atoms with Crippen LogP contribution in [0.5, 0.6) is 0 Å². The van der Waals surface area contributed by atoms with Crippen molar-refractivity contribution >= 4 is 28.7 Å². The Hall–Kier alpha value is -3.29. The third-order valence-corrected chi connectivity index (χ3v) is 5.01. The fourth-order valence-electron chi connectivity index (χ4n) is 3.82. The van der Waals surface area contributed by atoms with Crippen molar-refractivity contribution in [2.24, 2.45) is 0 Å². The second-order valence-electron chi connectivity index (χ2n) is 7.01. The van der Waals surface area contributed by atoms with Crippen LogP contribution in [-0.2, 0) is 17.8 Å². The van der Waals surface area contributed by atoms with Gasteiger partial charge in [-0.15, -0.1) is 5.10 Å². The molecule has 4 aromatic rings. The Labute approximate surface area is 155 Å². The van der Waals surface area contributed by atoms with E-state index in [0.717, 1.165) is 29.0 Å². The molecular formula is C19H19N7O. The number of para-hydroxylation sites is 1. The lowest BCUT2D eigenvalue weighted by molar-refractivity contribution is -0.118. The van der Waals surface area contributed by atoms with Gasteiger partial charge in [0.05, 0.1) is 17.5 Å². The maximum Gasteiger partial charge on any atom is 0.252 e. The number of aromatic nitrogens is 6. The van der Waals surface area contributed by atoms with Crippen molar-refractivity contribution in [2.45, 2.75) is 33.7 Å². The van der Waals surface area contributed by atoms with Crippen LogP contribution in [0.3, 0.4) is 0 Å². The van der Waals surface area contributed by atoms with Gasteiger partial charge in [-0.3, -0.25) is 9.69 Å². The maximum atomic E-state index is 12.9. The average molecular weight is 361 g/mol. The van der Waals surface area contributed by atoms with Gasteiger partial charge in [0.15, 0.2) is 5.82 Å². The molecule has 0 saturated heterocycles. The zero-order valence-corrected chi connectivity index (χ0v) is 15.5. The van der Waals surface area contributed by atoms with Crippen LogP contribution >= 0.6 is 0 Å². The molecule has 0 radical (unpaired) electrons. The molecule has 8 nitrogen and oxygen atoms in total. The molecule has 1 aliphatic rings. The van der Waals surface area contributed by atoms with Crippen LogP contribution in [0.1, 0.15) is 22.8 Å². The molecule has 4 heterocycles. The standard InChI is InChI=1S/C19H19N7O/c1-11-5-4-6-14-17(11)25-8-7-24(19(25)21-14)16(27)10-15-22-18-20-12(2)9-13(3)26(18)23-15/h4-6,9H,7-8,10H2,1-3H3. The minimum atomic E-state index is -0.0491. The highest BCUT2D eigenvalue weighted by Crippen LogP contribution is 2.29. The van der Waals surface area contributed by atoms with Gasteiger partial charge in [-0.25, -0.2) is 14.5 Å². The summed E-state index contributed by atoms with van der Waals surface area (Å²) in [4.78, 5) is 28.1. The van der Waals surface area contributed by atoms with Gasteiger partial charge in [0.2, 0.25) is 11.9 Å². The summed E-state index contributed by atoms with van der Waals surface area (Å²) in [7, 11) is 0. The van der Waals surface area contributed by atoms with Crippen LogP contribution in [-0.4, -0.2) is 41.6 Å².